The van der Waals surface area contributed by atoms with Gasteiger partial charge in [-0.3, -0.25) is 19.3 Å². The van der Waals surface area contributed by atoms with Crippen LogP contribution in [0.3, 0.4) is 0 Å². The lowest BCUT2D eigenvalue weighted by molar-refractivity contribution is -0.140. The number of nitrogens with one attached hydrogen (secondary N) is 1. The van der Waals surface area contributed by atoms with Crippen LogP contribution in [0.15, 0.2) is 36.2 Å². The van der Waals surface area contributed by atoms with Crippen molar-refractivity contribution >= 4 is 52.1 Å². The van der Waals surface area contributed by atoms with E-state index in [9.17, 15) is 14.4 Å². The maximum absolute atomic E-state index is 12.8. The minimum atomic E-state index is -0.493. The number of fused-ring (bicyclic) bond motifs is 1. The molecule has 0 radical (unpaired) electrons. The zero-order valence-electron chi connectivity index (χ0n) is 18.2. The Hall–Kier alpha value is -3.20. The van der Waals surface area contributed by atoms with Crippen LogP contribution in [-0.2, 0) is 25.7 Å². The number of para-hydroxylation sites is 1. The number of amides is 2. The van der Waals surface area contributed by atoms with Gasteiger partial charge in [-0.1, -0.05) is 31.0 Å². The van der Waals surface area contributed by atoms with E-state index in [2.05, 4.69) is 5.32 Å². The molecule has 1 aromatic carbocycles. The second-order valence-electron chi connectivity index (χ2n) is 8.12. The maximum Gasteiger partial charge on any atom is 0.325 e. The predicted molar refractivity (Wildman–Crippen MR) is 124 cm³/mol. The largest absolute Gasteiger partial charge is 0.468 e. The number of carbonyl (C=O) groups is 3. The number of benzene rings is 1. The van der Waals surface area contributed by atoms with E-state index in [1.807, 2.05) is 35.0 Å². The molecular formula is C23H26N4O4S. The van der Waals surface area contributed by atoms with Gasteiger partial charge in [0.05, 0.1) is 7.11 Å². The smallest absolute Gasteiger partial charge is 0.325 e. The van der Waals surface area contributed by atoms with Crippen molar-refractivity contribution in [2.75, 3.05) is 20.7 Å². The molecule has 1 aromatic heterocycles. The molecule has 1 N–H and O–H groups in total. The van der Waals surface area contributed by atoms with Gasteiger partial charge in [-0.25, -0.2) is 0 Å². The number of hydrogen-bond donors (Lipinski definition) is 1. The lowest BCUT2D eigenvalue weighted by Gasteiger charge is -2.16. The van der Waals surface area contributed by atoms with Crippen LogP contribution in [0, 0.1) is 0 Å². The van der Waals surface area contributed by atoms with Crippen LogP contribution in [0.2, 0.25) is 0 Å². The molecule has 2 amide bonds. The summed E-state index contributed by atoms with van der Waals surface area (Å²) in [7, 11) is 2.87. The summed E-state index contributed by atoms with van der Waals surface area (Å²) in [5.41, 5.74) is 1.95. The Morgan fingerprint density at radius 2 is 1.94 bits per heavy atom. The number of nitrogens with zero attached hydrogens (tertiary/aromatic N) is 3. The highest BCUT2D eigenvalue weighted by Crippen LogP contribution is 2.28. The van der Waals surface area contributed by atoms with E-state index in [0.717, 1.165) is 42.1 Å². The lowest BCUT2D eigenvalue weighted by Crippen LogP contribution is -2.35. The first-order chi connectivity index (χ1) is 15.4. The van der Waals surface area contributed by atoms with Gasteiger partial charge in [0.1, 0.15) is 18.8 Å². The molecule has 0 atom stereocenters. The van der Waals surface area contributed by atoms with Crippen molar-refractivity contribution < 1.29 is 19.1 Å². The summed E-state index contributed by atoms with van der Waals surface area (Å²) in [6, 6.07) is 7.97. The number of aromatic nitrogens is 1. The normalized spacial score (nSPS) is 18.2. The number of likely N-dealkylation sites (N-methyl/N-ethyl adjacent to an activating group) is 1. The monoisotopic (exact) mass is 454 g/mol. The third-order valence-electron chi connectivity index (χ3n) is 5.99. The Labute approximate surface area is 191 Å². The number of rotatable bonds is 6. The lowest BCUT2D eigenvalue weighted by atomic mass is 10.1. The van der Waals surface area contributed by atoms with Crippen LogP contribution in [0.4, 0.5) is 0 Å². The molecule has 2 aliphatic rings. The van der Waals surface area contributed by atoms with Crippen LogP contribution in [0.5, 0.6) is 0 Å². The van der Waals surface area contributed by atoms with Gasteiger partial charge in [-0.05, 0) is 37.2 Å². The molecule has 1 saturated carbocycles. The summed E-state index contributed by atoms with van der Waals surface area (Å²) in [6.45, 7) is 0.0397. The summed E-state index contributed by atoms with van der Waals surface area (Å²) in [5, 5.41) is 4.26. The molecule has 1 saturated heterocycles. The molecule has 168 valence electrons. The van der Waals surface area contributed by atoms with Crippen molar-refractivity contribution in [1.82, 2.24) is 19.7 Å². The SMILES string of the molecule is COC(=O)CN1C(=S)N(C)C(=O)/C1=C/c1cn(CC(=O)NC2CCCC2)c2ccccc12. The molecule has 0 spiro atoms. The highest BCUT2D eigenvalue weighted by molar-refractivity contribution is 7.80. The molecule has 2 aromatic rings. The first-order valence-corrected chi connectivity index (χ1v) is 11.0. The Morgan fingerprint density at radius 1 is 1.22 bits per heavy atom. The summed E-state index contributed by atoms with van der Waals surface area (Å²) in [5.74, 6) is -0.816. The molecule has 1 aliphatic carbocycles. The molecule has 1 aliphatic heterocycles. The maximum atomic E-state index is 12.8. The molecule has 2 heterocycles. The molecule has 2 fully saturated rings. The topological polar surface area (TPSA) is 83.9 Å². The molecule has 32 heavy (non-hydrogen) atoms. The second kappa shape index (κ2) is 9.12. The Balaban J connectivity index is 1.67. The van der Waals surface area contributed by atoms with Crippen LogP contribution in [0.25, 0.3) is 17.0 Å². The molecule has 0 bridgehead atoms. The van der Waals surface area contributed by atoms with Gasteiger partial charge in [0.25, 0.3) is 5.91 Å². The summed E-state index contributed by atoms with van der Waals surface area (Å²) >= 11 is 5.35. The average Bonchev–Trinajstić information content (AvgIpc) is 3.46. The van der Waals surface area contributed by atoms with E-state index in [4.69, 9.17) is 17.0 Å². The van der Waals surface area contributed by atoms with Crippen molar-refractivity contribution in [3.05, 3.63) is 41.7 Å². The van der Waals surface area contributed by atoms with Crippen molar-refractivity contribution in [1.29, 1.82) is 0 Å². The second-order valence-corrected chi connectivity index (χ2v) is 8.48. The fraction of sp³-hybridized carbons (Fsp3) is 0.391. The fourth-order valence-electron chi connectivity index (χ4n) is 4.31. The van der Waals surface area contributed by atoms with E-state index in [0.29, 0.717) is 5.70 Å². The minimum absolute atomic E-state index is 0.0259. The molecule has 0 unspecified atom stereocenters. The summed E-state index contributed by atoms with van der Waals surface area (Å²) in [4.78, 5) is 40.1. The third-order valence-corrected chi connectivity index (χ3v) is 6.49. The third kappa shape index (κ3) is 4.25. The Bertz CT molecular complexity index is 1120. The zero-order chi connectivity index (χ0) is 22.8. The first kappa shape index (κ1) is 22.0. The molecule has 9 heteroatoms. The van der Waals surface area contributed by atoms with Crippen LogP contribution in [-0.4, -0.2) is 64.0 Å². The standard InChI is InChI=1S/C23H26N4O4S/c1-25-22(30)19(27(23(25)32)14-21(29)31-2)11-15-12-26(18-10-6-5-9-17(15)18)13-20(28)24-16-7-3-4-8-16/h5-6,9-12,16H,3-4,7-8,13-14H2,1-2H3,(H,24,28)/b19-11-. The van der Waals surface area contributed by atoms with Gasteiger partial charge in [0.2, 0.25) is 5.91 Å². The fourth-order valence-corrected chi connectivity index (χ4v) is 4.56. The number of ether oxygens (including phenoxy) is 1. The summed E-state index contributed by atoms with van der Waals surface area (Å²) < 4.78 is 6.64. The van der Waals surface area contributed by atoms with E-state index in [1.165, 1.54) is 16.9 Å². The van der Waals surface area contributed by atoms with Crippen LogP contribution < -0.4 is 5.32 Å². The number of thiocarbonyl (C=S) groups is 1. The quantitative estimate of drug-likeness (QED) is 0.410. The van der Waals surface area contributed by atoms with Gasteiger partial charge in [0.15, 0.2) is 5.11 Å². The first-order valence-electron chi connectivity index (χ1n) is 10.6. The van der Waals surface area contributed by atoms with Gasteiger partial charge >= 0.3 is 5.97 Å². The van der Waals surface area contributed by atoms with Crippen molar-refractivity contribution in [3.8, 4) is 0 Å². The van der Waals surface area contributed by atoms with Gasteiger partial charge < -0.3 is 19.5 Å². The van der Waals surface area contributed by atoms with E-state index < -0.39 is 5.97 Å². The van der Waals surface area contributed by atoms with Crippen molar-refractivity contribution in [2.45, 2.75) is 38.3 Å². The van der Waals surface area contributed by atoms with Gasteiger partial charge in [0, 0.05) is 35.8 Å². The van der Waals surface area contributed by atoms with Crippen molar-refractivity contribution in [2.24, 2.45) is 0 Å². The number of hydrogen-bond acceptors (Lipinski definition) is 5. The molecular weight excluding hydrogens is 428 g/mol. The highest BCUT2D eigenvalue weighted by Gasteiger charge is 2.37. The van der Waals surface area contributed by atoms with Gasteiger partial charge in [-0.2, -0.15) is 0 Å². The van der Waals surface area contributed by atoms with Gasteiger partial charge in [-0.15, -0.1) is 0 Å². The van der Waals surface area contributed by atoms with Crippen molar-refractivity contribution in [3.63, 3.8) is 0 Å². The molecule has 8 nitrogen and oxygen atoms in total. The minimum Gasteiger partial charge on any atom is -0.468 e. The Morgan fingerprint density at radius 3 is 2.66 bits per heavy atom. The predicted octanol–water partition coefficient (Wildman–Crippen LogP) is 2.27. The number of methoxy groups -OCH3 is 1. The van der Waals surface area contributed by atoms with E-state index in [-0.39, 0.29) is 36.1 Å². The average molecular weight is 455 g/mol. The van der Waals surface area contributed by atoms with Crippen LogP contribution >= 0.6 is 12.2 Å². The van der Waals surface area contributed by atoms with E-state index in [1.54, 1.807) is 13.1 Å². The zero-order valence-corrected chi connectivity index (χ0v) is 19.0. The highest BCUT2D eigenvalue weighted by atomic mass is 32.1. The Kier molecular flexibility index (Phi) is 6.27. The molecule has 4 rings (SSSR count). The van der Waals surface area contributed by atoms with E-state index >= 15 is 0 Å². The number of esters is 1. The van der Waals surface area contributed by atoms with Crippen LogP contribution in [0.1, 0.15) is 31.2 Å². The summed E-state index contributed by atoms with van der Waals surface area (Å²) in [6.07, 6.45) is 7.94. The number of carbonyl (C=O) groups excluding carboxylic acids is 3.